The van der Waals surface area contributed by atoms with Crippen LogP contribution in [0, 0.1) is 24.2 Å². The second-order valence-corrected chi connectivity index (χ2v) is 12.3. The van der Waals surface area contributed by atoms with E-state index in [0.717, 1.165) is 73.3 Å². The average Bonchev–Trinajstić information content (AvgIpc) is 2.90. The van der Waals surface area contributed by atoms with Gasteiger partial charge in [0.1, 0.15) is 12.3 Å². The standard InChI is InChI=1S/C33H50N2O4/c1-9-28(18-24(4)21-36)29(13-12-26-14-16-38-17-15-26)35-30-19-27(11-10-25(30)5)20-34-31(23(2)3)32(37)39-22-33(6,7)8/h9-11,18-19,21,23,26,31,34H,12-17,20,22H2,1-8H3/b24-18-,28-9+,35-29+. The van der Waals surface area contributed by atoms with Crippen molar-refractivity contribution in [1.82, 2.24) is 5.32 Å². The lowest BCUT2D eigenvalue weighted by Crippen LogP contribution is -2.42. The molecule has 1 aromatic rings. The first kappa shape index (κ1) is 32.6. The SMILES string of the molecule is C/C=C(\C=C(\C)C=O)C(/CCC1CCOCC1)=N/c1cc(CNC(C(=O)OCC(C)(C)C)C(C)C)ccc1C. The second kappa shape index (κ2) is 15.9. The van der Waals surface area contributed by atoms with Crippen LogP contribution in [0.25, 0.3) is 0 Å². The van der Waals surface area contributed by atoms with Crippen LogP contribution in [0.5, 0.6) is 0 Å². The predicted molar refractivity (Wildman–Crippen MR) is 161 cm³/mol. The van der Waals surface area contributed by atoms with E-state index in [1.54, 1.807) is 0 Å². The monoisotopic (exact) mass is 538 g/mol. The minimum absolute atomic E-state index is 0.0746. The average molecular weight is 539 g/mol. The van der Waals surface area contributed by atoms with E-state index in [0.29, 0.717) is 24.6 Å². The highest BCUT2D eigenvalue weighted by Gasteiger charge is 2.25. The highest BCUT2D eigenvalue weighted by Crippen LogP contribution is 2.26. The topological polar surface area (TPSA) is 77.0 Å². The summed E-state index contributed by atoms with van der Waals surface area (Å²) in [6.45, 7) is 18.7. The lowest BCUT2D eigenvalue weighted by Gasteiger charge is -2.24. The molecule has 216 valence electrons. The van der Waals surface area contributed by atoms with Crippen molar-refractivity contribution in [2.45, 2.75) is 93.7 Å². The van der Waals surface area contributed by atoms with E-state index in [1.807, 2.05) is 39.8 Å². The number of benzene rings is 1. The molecule has 0 radical (unpaired) electrons. The van der Waals surface area contributed by atoms with E-state index >= 15 is 0 Å². The van der Waals surface area contributed by atoms with E-state index in [2.05, 4.69) is 51.2 Å². The Morgan fingerprint density at radius 3 is 2.51 bits per heavy atom. The highest BCUT2D eigenvalue weighted by molar-refractivity contribution is 6.04. The summed E-state index contributed by atoms with van der Waals surface area (Å²) in [6.07, 6.45) is 8.88. The highest BCUT2D eigenvalue weighted by atomic mass is 16.5. The van der Waals surface area contributed by atoms with Crippen molar-refractivity contribution in [3.63, 3.8) is 0 Å². The van der Waals surface area contributed by atoms with Gasteiger partial charge in [0.15, 0.2) is 0 Å². The molecule has 1 fully saturated rings. The molecule has 1 saturated heterocycles. The van der Waals surface area contributed by atoms with Gasteiger partial charge < -0.3 is 14.8 Å². The normalized spacial score (nSPS) is 16.9. The van der Waals surface area contributed by atoms with Crippen molar-refractivity contribution in [2.75, 3.05) is 19.8 Å². The van der Waals surface area contributed by atoms with Crippen LogP contribution in [0.2, 0.25) is 0 Å². The number of aryl methyl sites for hydroxylation is 1. The Labute approximate surface area is 236 Å². The Kier molecular flexibility index (Phi) is 13.3. The van der Waals surface area contributed by atoms with Crippen LogP contribution in [0.15, 0.2) is 46.5 Å². The molecular weight excluding hydrogens is 488 g/mol. The summed E-state index contributed by atoms with van der Waals surface area (Å²) in [4.78, 5) is 29.3. The zero-order chi connectivity index (χ0) is 29.0. The maximum absolute atomic E-state index is 12.8. The van der Waals surface area contributed by atoms with Gasteiger partial charge in [0, 0.05) is 25.5 Å². The number of hydrogen-bond donors (Lipinski definition) is 1. The van der Waals surface area contributed by atoms with Gasteiger partial charge in [-0.3, -0.25) is 14.6 Å². The van der Waals surface area contributed by atoms with Crippen molar-refractivity contribution in [3.8, 4) is 0 Å². The largest absolute Gasteiger partial charge is 0.464 e. The number of esters is 1. The van der Waals surface area contributed by atoms with Crippen LogP contribution in [-0.4, -0.2) is 43.8 Å². The lowest BCUT2D eigenvalue weighted by atomic mass is 9.91. The van der Waals surface area contributed by atoms with Crippen molar-refractivity contribution in [2.24, 2.45) is 22.2 Å². The first-order chi connectivity index (χ1) is 18.4. The van der Waals surface area contributed by atoms with Crippen LogP contribution in [0.1, 0.15) is 85.3 Å². The van der Waals surface area contributed by atoms with Crippen molar-refractivity contribution >= 4 is 23.7 Å². The summed E-state index contributed by atoms with van der Waals surface area (Å²) in [5.41, 5.74) is 5.62. The van der Waals surface area contributed by atoms with Gasteiger partial charge in [-0.25, -0.2) is 0 Å². The molecule has 0 bridgehead atoms. The van der Waals surface area contributed by atoms with Gasteiger partial charge >= 0.3 is 5.97 Å². The summed E-state index contributed by atoms with van der Waals surface area (Å²) in [6, 6.07) is 5.86. The molecule has 0 spiro atoms. The van der Waals surface area contributed by atoms with Crippen LogP contribution < -0.4 is 5.32 Å². The third-order valence-corrected chi connectivity index (χ3v) is 6.97. The van der Waals surface area contributed by atoms with Crippen molar-refractivity contribution in [1.29, 1.82) is 0 Å². The summed E-state index contributed by atoms with van der Waals surface area (Å²) in [5.74, 6) is 0.513. The molecule has 1 aromatic carbocycles. The number of hydrogen-bond acceptors (Lipinski definition) is 6. The first-order valence-corrected chi connectivity index (χ1v) is 14.4. The number of carbonyl (C=O) groups is 2. The lowest BCUT2D eigenvalue weighted by molar-refractivity contribution is -0.150. The number of aldehydes is 1. The van der Waals surface area contributed by atoms with Gasteiger partial charge in [-0.2, -0.15) is 0 Å². The van der Waals surface area contributed by atoms with Gasteiger partial charge in [-0.05, 0) is 98.1 Å². The van der Waals surface area contributed by atoms with Crippen molar-refractivity contribution < 1.29 is 19.1 Å². The van der Waals surface area contributed by atoms with E-state index in [-0.39, 0.29) is 23.3 Å². The minimum atomic E-state index is -0.387. The van der Waals surface area contributed by atoms with E-state index in [1.165, 1.54) is 0 Å². The second-order valence-electron chi connectivity index (χ2n) is 12.3. The Hall–Kier alpha value is -2.57. The molecule has 0 aromatic heterocycles. The van der Waals surface area contributed by atoms with Gasteiger partial charge in [0.25, 0.3) is 0 Å². The van der Waals surface area contributed by atoms with Gasteiger partial charge in [0.2, 0.25) is 0 Å². The Morgan fingerprint density at radius 1 is 1.23 bits per heavy atom. The van der Waals surface area contributed by atoms with Crippen LogP contribution in [-0.2, 0) is 25.6 Å². The molecule has 1 atom stereocenters. The fourth-order valence-electron chi connectivity index (χ4n) is 4.48. The van der Waals surface area contributed by atoms with Gasteiger partial charge in [0.05, 0.1) is 12.3 Å². The number of carbonyl (C=O) groups excluding carboxylic acids is 2. The minimum Gasteiger partial charge on any atom is -0.464 e. The Bertz CT molecular complexity index is 1040. The smallest absolute Gasteiger partial charge is 0.323 e. The van der Waals surface area contributed by atoms with Crippen molar-refractivity contribution in [3.05, 3.63) is 52.6 Å². The predicted octanol–water partition coefficient (Wildman–Crippen LogP) is 7.07. The Morgan fingerprint density at radius 2 is 1.92 bits per heavy atom. The quantitative estimate of drug-likeness (QED) is 0.0956. The van der Waals surface area contributed by atoms with Crippen LogP contribution in [0.3, 0.4) is 0 Å². The molecule has 1 heterocycles. The number of nitrogens with one attached hydrogen (secondary N) is 1. The third-order valence-electron chi connectivity index (χ3n) is 6.97. The molecular formula is C33H50N2O4. The molecule has 1 N–H and O–H groups in total. The maximum atomic E-state index is 12.8. The zero-order valence-electron chi connectivity index (χ0n) is 25.4. The molecule has 2 rings (SSSR count). The van der Waals surface area contributed by atoms with E-state index < -0.39 is 0 Å². The molecule has 6 nitrogen and oxygen atoms in total. The summed E-state index contributed by atoms with van der Waals surface area (Å²) < 4.78 is 11.1. The molecule has 1 aliphatic heterocycles. The number of allylic oxidation sites excluding steroid dienone is 4. The van der Waals surface area contributed by atoms with Gasteiger partial charge in [-0.15, -0.1) is 0 Å². The molecule has 0 aliphatic carbocycles. The van der Waals surface area contributed by atoms with E-state index in [9.17, 15) is 9.59 Å². The fraction of sp³-hybridized carbons (Fsp3) is 0.606. The molecule has 1 aliphatic rings. The third kappa shape index (κ3) is 11.6. The van der Waals surface area contributed by atoms with Crippen LogP contribution in [0.4, 0.5) is 5.69 Å². The first-order valence-electron chi connectivity index (χ1n) is 14.4. The molecule has 1 unspecified atom stereocenters. The van der Waals surface area contributed by atoms with Gasteiger partial charge in [-0.1, -0.05) is 52.8 Å². The number of nitrogens with zero attached hydrogens (tertiary/aromatic N) is 1. The fourth-order valence-corrected chi connectivity index (χ4v) is 4.48. The van der Waals surface area contributed by atoms with E-state index in [4.69, 9.17) is 14.5 Å². The summed E-state index contributed by atoms with van der Waals surface area (Å²) >= 11 is 0. The molecule has 0 saturated carbocycles. The summed E-state index contributed by atoms with van der Waals surface area (Å²) in [7, 11) is 0. The van der Waals surface area contributed by atoms with Crippen LogP contribution >= 0.6 is 0 Å². The Balaban J connectivity index is 2.27. The molecule has 39 heavy (non-hydrogen) atoms. The zero-order valence-corrected chi connectivity index (χ0v) is 25.4. The number of aliphatic imine (C=N–C) groups is 1. The summed E-state index contributed by atoms with van der Waals surface area (Å²) in [5, 5.41) is 3.41. The molecule has 6 heteroatoms. The number of rotatable bonds is 13. The molecule has 0 amide bonds. The maximum Gasteiger partial charge on any atom is 0.323 e. The number of ether oxygens (including phenoxy) is 2.